The number of fused-ring (bicyclic) bond motifs is 1. The van der Waals surface area contributed by atoms with Crippen molar-refractivity contribution in [2.45, 2.75) is 46.3 Å². The summed E-state index contributed by atoms with van der Waals surface area (Å²) >= 11 is -1.32. The Morgan fingerprint density at radius 3 is 2.48 bits per heavy atom. The van der Waals surface area contributed by atoms with Crippen molar-refractivity contribution in [2.75, 3.05) is 31.2 Å². The van der Waals surface area contributed by atoms with Gasteiger partial charge < -0.3 is 14.2 Å². The molecular formula is C20H28N4O2S. The lowest BCUT2D eigenvalue weighted by molar-refractivity contribution is 0.122. The maximum absolute atomic E-state index is 12.5. The molecule has 1 atom stereocenters. The van der Waals surface area contributed by atoms with Gasteiger partial charge >= 0.3 is 0 Å². The predicted molar refractivity (Wildman–Crippen MR) is 112 cm³/mol. The number of ether oxygens (including phenoxy) is 1. The monoisotopic (exact) mass is 388 g/mol. The van der Waals surface area contributed by atoms with E-state index in [4.69, 9.17) is 14.7 Å². The van der Waals surface area contributed by atoms with E-state index >= 15 is 0 Å². The minimum Gasteiger partial charge on any atom is -0.591 e. The summed E-state index contributed by atoms with van der Waals surface area (Å²) in [6.45, 7) is 14.7. The molecule has 0 amide bonds. The molecule has 1 fully saturated rings. The third-order valence-corrected chi connectivity index (χ3v) is 6.00. The van der Waals surface area contributed by atoms with Crippen molar-refractivity contribution >= 4 is 33.9 Å². The Bertz CT molecular complexity index is 870. The van der Waals surface area contributed by atoms with Gasteiger partial charge in [0.15, 0.2) is 5.82 Å². The maximum atomic E-state index is 12.5. The molecule has 6 nitrogen and oxygen atoms in total. The number of benzene rings is 1. The molecule has 0 saturated carbocycles. The quantitative estimate of drug-likeness (QED) is 0.595. The van der Waals surface area contributed by atoms with Crippen molar-refractivity contribution in [1.29, 1.82) is 0 Å². The summed E-state index contributed by atoms with van der Waals surface area (Å²) in [6.07, 6.45) is 0. The number of nitrogens with zero attached hydrogens (tertiary/aromatic N) is 4. The first-order chi connectivity index (χ1) is 12.7. The van der Waals surface area contributed by atoms with Crippen molar-refractivity contribution in [3.05, 3.63) is 29.0 Å². The second kappa shape index (κ2) is 7.73. The topological polar surface area (TPSA) is 73.7 Å². The Morgan fingerprint density at radius 2 is 1.85 bits per heavy atom. The minimum absolute atomic E-state index is 0.401. The van der Waals surface area contributed by atoms with Gasteiger partial charge in [0.25, 0.3) is 0 Å². The first-order valence-electron chi connectivity index (χ1n) is 9.26. The summed E-state index contributed by atoms with van der Waals surface area (Å²) in [5.41, 5.74) is 5.26. The van der Waals surface area contributed by atoms with Crippen LogP contribution in [0.1, 0.15) is 44.5 Å². The molecule has 1 unspecified atom stereocenters. The maximum Gasteiger partial charge on any atom is 0.150 e. The fraction of sp³-hybridized carbons (Fsp3) is 0.550. The van der Waals surface area contributed by atoms with E-state index in [1.807, 2.05) is 53.7 Å². The summed E-state index contributed by atoms with van der Waals surface area (Å²) in [4.78, 5) is 12.0. The highest BCUT2D eigenvalue weighted by Crippen LogP contribution is 2.26. The van der Waals surface area contributed by atoms with E-state index in [-0.39, 0.29) is 0 Å². The van der Waals surface area contributed by atoms with Gasteiger partial charge in [-0.25, -0.2) is 9.97 Å². The molecule has 1 aromatic carbocycles. The molecule has 0 radical (unpaired) electrons. The van der Waals surface area contributed by atoms with Crippen LogP contribution >= 0.6 is 0 Å². The Balaban J connectivity index is 2.12. The lowest BCUT2D eigenvalue weighted by Crippen LogP contribution is -2.37. The number of hydrogen-bond donors (Lipinski definition) is 0. The zero-order valence-electron chi connectivity index (χ0n) is 17.0. The van der Waals surface area contributed by atoms with Crippen molar-refractivity contribution in [3.63, 3.8) is 0 Å². The average molecular weight is 389 g/mol. The summed E-state index contributed by atoms with van der Waals surface area (Å²) in [5, 5.41) is 0. The Morgan fingerprint density at radius 1 is 1.19 bits per heavy atom. The normalized spacial score (nSPS) is 17.4. The van der Waals surface area contributed by atoms with Crippen LogP contribution in [-0.4, -0.2) is 51.3 Å². The molecule has 1 aliphatic rings. The van der Waals surface area contributed by atoms with E-state index in [9.17, 15) is 4.55 Å². The van der Waals surface area contributed by atoms with Crippen LogP contribution in [0.5, 0.6) is 0 Å². The fourth-order valence-electron chi connectivity index (χ4n) is 3.04. The van der Waals surface area contributed by atoms with Gasteiger partial charge in [-0.1, -0.05) is 4.40 Å². The first-order valence-corrected chi connectivity index (χ1v) is 10.4. The van der Waals surface area contributed by atoms with Crippen LogP contribution in [0.3, 0.4) is 0 Å². The molecule has 0 spiro atoms. The van der Waals surface area contributed by atoms with Gasteiger partial charge in [0.1, 0.15) is 21.6 Å². The zero-order valence-corrected chi connectivity index (χ0v) is 17.8. The van der Waals surface area contributed by atoms with Crippen LogP contribution in [0.2, 0.25) is 0 Å². The molecule has 1 saturated heterocycles. The van der Waals surface area contributed by atoms with Gasteiger partial charge in [0.2, 0.25) is 0 Å². The Labute approximate surface area is 164 Å². The number of morpholine rings is 1. The summed E-state index contributed by atoms with van der Waals surface area (Å²) in [6, 6.07) is 4.09. The fourth-order valence-corrected chi connectivity index (χ4v) is 3.66. The minimum atomic E-state index is -1.32. The number of rotatable bonds is 3. The third-order valence-electron chi connectivity index (χ3n) is 4.51. The molecule has 3 rings (SSSR count). The molecule has 146 valence electrons. The van der Waals surface area contributed by atoms with E-state index < -0.39 is 16.1 Å². The third kappa shape index (κ3) is 4.42. The first kappa shape index (κ1) is 20.0. The van der Waals surface area contributed by atoms with Crippen LogP contribution < -0.4 is 4.90 Å². The Hall–Kier alpha value is -1.70. The summed E-state index contributed by atoms with van der Waals surface area (Å²) in [7, 11) is 0. The van der Waals surface area contributed by atoms with Crippen LogP contribution in [0.25, 0.3) is 11.0 Å². The number of hydrogen-bond acceptors (Lipinski definition) is 6. The van der Waals surface area contributed by atoms with E-state index in [2.05, 4.69) is 9.30 Å². The highest BCUT2D eigenvalue weighted by atomic mass is 32.2. The molecule has 0 N–H and O–H groups in total. The molecule has 1 aromatic heterocycles. The molecule has 2 aromatic rings. The molecular weight excluding hydrogens is 360 g/mol. The molecule has 1 aliphatic heterocycles. The van der Waals surface area contributed by atoms with Crippen LogP contribution in [0.15, 0.2) is 16.5 Å². The number of anilines is 1. The lowest BCUT2D eigenvalue weighted by atomic mass is 10.1. The zero-order chi connectivity index (χ0) is 19.8. The van der Waals surface area contributed by atoms with Crippen molar-refractivity contribution in [2.24, 2.45) is 4.40 Å². The summed E-state index contributed by atoms with van der Waals surface area (Å²) < 4.78 is 22.0. The molecule has 2 heterocycles. The molecule has 0 bridgehead atoms. The van der Waals surface area contributed by atoms with Crippen molar-refractivity contribution in [3.8, 4) is 0 Å². The predicted octanol–water partition coefficient (Wildman–Crippen LogP) is 3.35. The van der Waals surface area contributed by atoms with Gasteiger partial charge in [-0.3, -0.25) is 0 Å². The van der Waals surface area contributed by atoms with E-state index in [1.54, 1.807) is 0 Å². The SMILES string of the molecule is CC(=N[S+]([O-])C(C)(C)C)c1cc(C)cc2nc(C)c(N3CCOCC3)nc12. The van der Waals surface area contributed by atoms with E-state index in [0.717, 1.165) is 52.5 Å². The van der Waals surface area contributed by atoms with Crippen LogP contribution in [-0.2, 0) is 16.1 Å². The Kier molecular flexibility index (Phi) is 5.74. The largest absolute Gasteiger partial charge is 0.591 e. The number of aromatic nitrogens is 2. The van der Waals surface area contributed by atoms with Crippen LogP contribution in [0, 0.1) is 13.8 Å². The van der Waals surface area contributed by atoms with Gasteiger partial charge in [-0.05, 0) is 59.2 Å². The lowest BCUT2D eigenvalue weighted by Gasteiger charge is -2.29. The second-order valence-corrected chi connectivity index (χ2v) is 9.86. The summed E-state index contributed by atoms with van der Waals surface area (Å²) in [5.74, 6) is 0.889. The van der Waals surface area contributed by atoms with E-state index in [0.29, 0.717) is 13.2 Å². The molecule has 27 heavy (non-hydrogen) atoms. The highest BCUT2D eigenvalue weighted by Gasteiger charge is 2.27. The van der Waals surface area contributed by atoms with E-state index in [1.165, 1.54) is 0 Å². The standard InChI is InChI=1S/C20H28N4O2S/c1-13-11-16(14(2)23-27(25)20(4,5)6)18-17(12-13)21-15(3)19(22-18)24-7-9-26-10-8-24/h11-12H,7-10H2,1-6H3. The smallest absolute Gasteiger partial charge is 0.150 e. The molecule has 0 aliphatic carbocycles. The molecule has 7 heteroatoms. The van der Waals surface area contributed by atoms with Crippen molar-refractivity contribution in [1.82, 2.24) is 9.97 Å². The van der Waals surface area contributed by atoms with Gasteiger partial charge in [0.05, 0.1) is 30.1 Å². The van der Waals surface area contributed by atoms with Crippen LogP contribution in [0.4, 0.5) is 5.82 Å². The average Bonchev–Trinajstić information content (AvgIpc) is 2.60. The van der Waals surface area contributed by atoms with Gasteiger partial charge in [-0.2, -0.15) is 0 Å². The van der Waals surface area contributed by atoms with Crippen molar-refractivity contribution < 1.29 is 9.29 Å². The van der Waals surface area contributed by atoms with Gasteiger partial charge in [-0.15, -0.1) is 0 Å². The second-order valence-electron chi connectivity index (χ2n) is 7.95. The highest BCUT2D eigenvalue weighted by molar-refractivity contribution is 7.91. The van der Waals surface area contributed by atoms with Gasteiger partial charge in [0, 0.05) is 18.7 Å². The number of aryl methyl sites for hydroxylation is 2.